The highest BCUT2D eigenvalue weighted by molar-refractivity contribution is 8.26. The maximum Gasteiger partial charge on any atom is 0.0500 e. The molecule has 0 amide bonds. The smallest absolute Gasteiger partial charge is 0.0500 e. The molecule has 102 valence electrons. The Balaban J connectivity index is 1.79. The van der Waals surface area contributed by atoms with E-state index < -0.39 is 0 Å². The fraction of sp³-hybridized carbons (Fsp3) is 0.353. The third-order valence-electron chi connectivity index (χ3n) is 4.25. The number of hydrogen-bond donors (Lipinski definition) is 0. The molecule has 0 radical (unpaired) electrons. The van der Waals surface area contributed by atoms with E-state index in [9.17, 15) is 0 Å². The molecule has 1 aromatic carbocycles. The van der Waals surface area contributed by atoms with E-state index in [0.717, 1.165) is 15.4 Å². The highest BCUT2D eigenvalue weighted by Gasteiger charge is 2.36. The fourth-order valence-electron chi connectivity index (χ4n) is 3.22. The molecule has 3 heteroatoms. The van der Waals surface area contributed by atoms with Gasteiger partial charge in [0.2, 0.25) is 0 Å². The first-order valence-electron chi connectivity index (χ1n) is 7.22. The molecule has 20 heavy (non-hydrogen) atoms. The highest BCUT2D eigenvalue weighted by atomic mass is 32.2. The van der Waals surface area contributed by atoms with Crippen molar-refractivity contribution in [3.63, 3.8) is 0 Å². The van der Waals surface area contributed by atoms with Crippen LogP contribution in [-0.4, -0.2) is 15.4 Å². The van der Waals surface area contributed by atoms with Crippen LogP contribution in [0.15, 0.2) is 34.6 Å². The molecule has 2 atom stereocenters. The Bertz CT molecular complexity index is 611. The lowest BCUT2D eigenvalue weighted by atomic mass is 9.93. The molecular weight excluding hydrogens is 300 g/mol. The summed E-state index contributed by atoms with van der Waals surface area (Å²) in [6.07, 6.45) is 9.81. The van der Waals surface area contributed by atoms with E-state index in [4.69, 9.17) is 12.2 Å². The molecule has 0 bridgehead atoms. The van der Waals surface area contributed by atoms with Gasteiger partial charge in [0.1, 0.15) is 0 Å². The van der Waals surface area contributed by atoms with Crippen LogP contribution in [0.25, 0.3) is 11.6 Å². The van der Waals surface area contributed by atoms with Gasteiger partial charge in [0.25, 0.3) is 0 Å². The van der Waals surface area contributed by atoms with Crippen LogP contribution in [0.3, 0.4) is 0 Å². The van der Waals surface area contributed by atoms with Gasteiger partial charge in [-0.2, -0.15) is 0 Å². The second kappa shape index (κ2) is 5.36. The van der Waals surface area contributed by atoms with Crippen LogP contribution in [0.2, 0.25) is 0 Å². The summed E-state index contributed by atoms with van der Waals surface area (Å²) in [4.78, 5) is 1.01. The maximum atomic E-state index is 5.63. The van der Waals surface area contributed by atoms with Crippen molar-refractivity contribution >= 4 is 52.3 Å². The van der Waals surface area contributed by atoms with Crippen LogP contribution >= 0.6 is 35.7 Å². The number of fused-ring (bicyclic) bond motifs is 2. The molecule has 4 rings (SSSR count). The van der Waals surface area contributed by atoms with Crippen LogP contribution in [0.5, 0.6) is 0 Å². The van der Waals surface area contributed by atoms with Gasteiger partial charge in [-0.25, -0.2) is 0 Å². The van der Waals surface area contributed by atoms with Gasteiger partial charge < -0.3 is 0 Å². The van der Waals surface area contributed by atoms with Crippen molar-refractivity contribution in [1.29, 1.82) is 0 Å². The van der Waals surface area contributed by atoms with E-state index in [-0.39, 0.29) is 0 Å². The molecule has 1 saturated heterocycles. The first-order chi connectivity index (χ1) is 9.83. The molecule has 1 saturated carbocycles. The molecular formula is C17H16S3. The Morgan fingerprint density at radius 2 is 1.65 bits per heavy atom. The maximum absolute atomic E-state index is 5.63. The Labute approximate surface area is 134 Å². The second-order valence-electron chi connectivity index (χ2n) is 5.54. The molecule has 0 spiro atoms. The van der Waals surface area contributed by atoms with E-state index in [0.29, 0.717) is 0 Å². The monoisotopic (exact) mass is 316 g/mol. The van der Waals surface area contributed by atoms with Gasteiger partial charge >= 0.3 is 0 Å². The van der Waals surface area contributed by atoms with Crippen molar-refractivity contribution in [2.45, 2.75) is 36.2 Å². The summed E-state index contributed by atoms with van der Waals surface area (Å²) >= 11 is 9.81. The summed E-state index contributed by atoms with van der Waals surface area (Å²) in [6.45, 7) is 0. The number of allylic oxidation sites excluding steroid dienone is 2. The predicted octanol–water partition coefficient (Wildman–Crippen LogP) is 5.54. The van der Waals surface area contributed by atoms with E-state index >= 15 is 0 Å². The minimum absolute atomic E-state index is 0.817. The zero-order valence-electron chi connectivity index (χ0n) is 11.2. The molecule has 1 aromatic rings. The minimum Gasteiger partial charge on any atom is -0.114 e. The van der Waals surface area contributed by atoms with Crippen molar-refractivity contribution in [3.8, 4) is 0 Å². The first kappa shape index (κ1) is 13.2. The Morgan fingerprint density at radius 3 is 2.40 bits per heavy atom. The lowest BCUT2D eigenvalue weighted by Crippen LogP contribution is -2.19. The van der Waals surface area contributed by atoms with Crippen molar-refractivity contribution in [2.24, 2.45) is 0 Å². The van der Waals surface area contributed by atoms with Crippen LogP contribution in [0.1, 0.15) is 36.8 Å². The molecule has 3 aliphatic rings. The average molecular weight is 317 g/mol. The van der Waals surface area contributed by atoms with Gasteiger partial charge in [0.05, 0.1) is 4.24 Å². The van der Waals surface area contributed by atoms with E-state index in [1.807, 2.05) is 0 Å². The average Bonchev–Trinajstić information content (AvgIpc) is 2.90. The summed E-state index contributed by atoms with van der Waals surface area (Å²) in [5.41, 5.74) is 3.95. The number of thiocarbonyl (C=S) groups is 1. The van der Waals surface area contributed by atoms with E-state index in [1.54, 1.807) is 0 Å². The summed E-state index contributed by atoms with van der Waals surface area (Å²) in [7, 11) is 0. The van der Waals surface area contributed by atoms with Crippen LogP contribution in [-0.2, 0) is 0 Å². The van der Waals surface area contributed by atoms with Gasteiger partial charge in [-0.1, -0.05) is 55.4 Å². The van der Waals surface area contributed by atoms with E-state index in [2.05, 4.69) is 59.9 Å². The fourth-order valence-corrected chi connectivity index (χ4v) is 7.29. The third-order valence-corrected chi connectivity index (χ3v) is 7.91. The summed E-state index contributed by atoms with van der Waals surface area (Å²) in [5.74, 6) is 0. The lowest BCUT2D eigenvalue weighted by molar-refractivity contribution is 0.532. The molecule has 1 aliphatic heterocycles. The van der Waals surface area contributed by atoms with Gasteiger partial charge in [-0.05, 0) is 30.0 Å². The molecule has 2 fully saturated rings. The molecule has 2 aliphatic carbocycles. The number of hydrogen-bond acceptors (Lipinski definition) is 3. The quantitative estimate of drug-likeness (QED) is 0.455. The Hall–Kier alpha value is -0.510. The van der Waals surface area contributed by atoms with Crippen molar-refractivity contribution < 1.29 is 0 Å². The van der Waals surface area contributed by atoms with Crippen LogP contribution in [0, 0.1) is 0 Å². The number of benzene rings is 1. The SMILES string of the molecule is S=C1C=Cc2ccccc2C1=C1SC2CCCCC2S1. The normalized spacial score (nSPS) is 28.5. The number of thioether (sulfide) groups is 2. The zero-order chi connectivity index (χ0) is 13.5. The second-order valence-corrected chi connectivity index (χ2v) is 8.74. The summed E-state index contributed by atoms with van der Waals surface area (Å²) in [6, 6.07) is 8.63. The number of rotatable bonds is 0. The standard InChI is InChI=1S/C17H16S3/c18-13-10-9-11-5-1-2-6-12(11)16(13)17-19-14-7-3-4-8-15(14)20-17/h1-2,5-6,9-10,14-15H,3-4,7-8H2. The minimum atomic E-state index is 0.817. The topological polar surface area (TPSA) is 0 Å². The molecule has 2 unspecified atom stereocenters. The molecule has 0 nitrogen and oxygen atoms in total. The predicted molar refractivity (Wildman–Crippen MR) is 96.2 cm³/mol. The van der Waals surface area contributed by atoms with Gasteiger partial charge in [0, 0.05) is 20.9 Å². The van der Waals surface area contributed by atoms with E-state index in [1.165, 1.54) is 46.6 Å². The van der Waals surface area contributed by atoms with Crippen molar-refractivity contribution in [2.75, 3.05) is 0 Å². The summed E-state index contributed by atoms with van der Waals surface area (Å²) in [5, 5.41) is 1.63. The highest BCUT2D eigenvalue weighted by Crippen LogP contribution is 2.55. The first-order valence-corrected chi connectivity index (χ1v) is 9.39. The van der Waals surface area contributed by atoms with Gasteiger partial charge in [0.15, 0.2) is 0 Å². The lowest BCUT2D eigenvalue weighted by Gasteiger charge is -2.21. The Kier molecular flexibility index (Phi) is 3.53. The Morgan fingerprint density at radius 1 is 0.950 bits per heavy atom. The van der Waals surface area contributed by atoms with Gasteiger partial charge in [-0.15, -0.1) is 23.5 Å². The largest absolute Gasteiger partial charge is 0.114 e. The molecule has 1 heterocycles. The molecule has 0 aromatic heterocycles. The molecule has 0 N–H and O–H groups in total. The third kappa shape index (κ3) is 2.20. The van der Waals surface area contributed by atoms with Crippen molar-refractivity contribution in [1.82, 2.24) is 0 Å². The van der Waals surface area contributed by atoms with Crippen molar-refractivity contribution in [3.05, 3.63) is 45.7 Å². The summed E-state index contributed by atoms with van der Waals surface area (Å²) < 4.78 is 1.48. The van der Waals surface area contributed by atoms with Crippen LogP contribution in [0.4, 0.5) is 0 Å². The zero-order valence-corrected chi connectivity index (χ0v) is 13.6. The van der Waals surface area contributed by atoms with Crippen LogP contribution < -0.4 is 0 Å². The van der Waals surface area contributed by atoms with Gasteiger partial charge in [-0.3, -0.25) is 0 Å².